The first kappa shape index (κ1) is 7.85. The molecule has 0 aliphatic heterocycles. The van der Waals surface area contributed by atoms with Crippen molar-refractivity contribution in [3.05, 3.63) is 24.0 Å². The number of hydrogen-bond donors (Lipinski definition) is 1. The Morgan fingerprint density at radius 3 is 2.73 bits per heavy atom. The van der Waals surface area contributed by atoms with Crippen LogP contribution in [-0.2, 0) is 0 Å². The van der Waals surface area contributed by atoms with Crippen molar-refractivity contribution in [2.75, 3.05) is 6.61 Å². The molecule has 0 radical (unpaired) electrons. The van der Waals surface area contributed by atoms with Crippen LogP contribution in [0.5, 0.6) is 11.5 Å². The summed E-state index contributed by atoms with van der Waals surface area (Å²) in [6.45, 7) is 2.25. The Kier molecular flexibility index (Phi) is 2.31. The highest BCUT2D eigenvalue weighted by molar-refractivity contribution is 5.32. The zero-order valence-electron chi connectivity index (χ0n) is 6.17. The zero-order valence-corrected chi connectivity index (χ0v) is 6.17. The van der Waals surface area contributed by atoms with Crippen LogP contribution in [0.15, 0.2) is 18.2 Å². The van der Waals surface area contributed by atoms with Gasteiger partial charge in [-0.1, -0.05) is 0 Å². The normalized spacial score (nSPS) is 9.64. The van der Waals surface area contributed by atoms with Gasteiger partial charge >= 0.3 is 0 Å². The van der Waals surface area contributed by atoms with Gasteiger partial charge in [0.1, 0.15) is 17.3 Å². The summed E-state index contributed by atoms with van der Waals surface area (Å²) in [5.74, 6) is -0.257. The fourth-order valence-electron chi connectivity index (χ4n) is 0.798. The number of benzene rings is 1. The van der Waals surface area contributed by atoms with Gasteiger partial charge in [0.25, 0.3) is 0 Å². The number of ether oxygens (including phenoxy) is 1. The third-order valence-electron chi connectivity index (χ3n) is 1.17. The Morgan fingerprint density at radius 2 is 2.18 bits per heavy atom. The van der Waals surface area contributed by atoms with E-state index in [1.54, 1.807) is 6.92 Å². The van der Waals surface area contributed by atoms with E-state index < -0.39 is 5.82 Å². The quantitative estimate of drug-likeness (QED) is 0.708. The van der Waals surface area contributed by atoms with E-state index in [9.17, 15) is 4.39 Å². The van der Waals surface area contributed by atoms with E-state index in [-0.39, 0.29) is 5.75 Å². The topological polar surface area (TPSA) is 29.5 Å². The second kappa shape index (κ2) is 3.23. The Bertz CT molecular complexity index is 228. The van der Waals surface area contributed by atoms with Crippen molar-refractivity contribution in [1.82, 2.24) is 0 Å². The van der Waals surface area contributed by atoms with Gasteiger partial charge in [-0.2, -0.15) is 0 Å². The van der Waals surface area contributed by atoms with Gasteiger partial charge in [-0.3, -0.25) is 0 Å². The van der Waals surface area contributed by atoms with Crippen molar-refractivity contribution < 1.29 is 14.2 Å². The van der Waals surface area contributed by atoms with Gasteiger partial charge < -0.3 is 9.84 Å². The van der Waals surface area contributed by atoms with Crippen LogP contribution in [0, 0.1) is 5.82 Å². The monoisotopic (exact) mass is 156 g/mol. The van der Waals surface area contributed by atoms with Crippen LogP contribution in [0.3, 0.4) is 0 Å². The molecule has 0 saturated carbocycles. The van der Waals surface area contributed by atoms with E-state index in [1.807, 2.05) is 0 Å². The predicted octanol–water partition coefficient (Wildman–Crippen LogP) is 1.93. The Labute approximate surface area is 64.2 Å². The average molecular weight is 156 g/mol. The van der Waals surface area contributed by atoms with E-state index in [0.29, 0.717) is 12.4 Å². The molecule has 0 fully saturated rings. The maximum Gasteiger partial charge on any atom is 0.130 e. The summed E-state index contributed by atoms with van der Waals surface area (Å²) < 4.78 is 17.5. The zero-order chi connectivity index (χ0) is 8.27. The molecule has 0 spiro atoms. The first-order valence-corrected chi connectivity index (χ1v) is 3.34. The summed E-state index contributed by atoms with van der Waals surface area (Å²) >= 11 is 0. The number of phenolic OH excluding ortho intramolecular Hbond substituents is 1. The van der Waals surface area contributed by atoms with Gasteiger partial charge in [0.05, 0.1) is 6.61 Å². The summed E-state index contributed by atoms with van der Waals surface area (Å²) in [4.78, 5) is 0. The van der Waals surface area contributed by atoms with Crippen LogP contribution < -0.4 is 4.74 Å². The number of hydrogen-bond acceptors (Lipinski definition) is 2. The fraction of sp³-hybridized carbons (Fsp3) is 0.250. The summed E-state index contributed by atoms with van der Waals surface area (Å²) in [7, 11) is 0. The molecule has 0 saturated heterocycles. The van der Waals surface area contributed by atoms with Crippen LogP contribution in [-0.4, -0.2) is 11.7 Å². The Morgan fingerprint density at radius 1 is 1.45 bits per heavy atom. The van der Waals surface area contributed by atoms with Crippen molar-refractivity contribution in [2.45, 2.75) is 6.92 Å². The fourth-order valence-corrected chi connectivity index (χ4v) is 0.798. The number of phenols is 1. The van der Waals surface area contributed by atoms with Crippen LogP contribution >= 0.6 is 0 Å². The van der Waals surface area contributed by atoms with Gasteiger partial charge in [0.15, 0.2) is 0 Å². The molecule has 1 aromatic carbocycles. The van der Waals surface area contributed by atoms with Crippen molar-refractivity contribution in [3.8, 4) is 11.5 Å². The molecule has 11 heavy (non-hydrogen) atoms. The molecule has 0 amide bonds. The second-order valence-corrected chi connectivity index (χ2v) is 2.08. The molecule has 1 rings (SSSR count). The molecule has 1 aromatic rings. The lowest BCUT2D eigenvalue weighted by Gasteiger charge is -2.02. The molecule has 2 nitrogen and oxygen atoms in total. The average Bonchev–Trinajstić information content (AvgIpc) is 1.85. The van der Waals surface area contributed by atoms with Crippen molar-refractivity contribution in [2.24, 2.45) is 0 Å². The third kappa shape index (κ3) is 2.11. The minimum atomic E-state index is -0.492. The van der Waals surface area contributed by atoms with E-state index in [4.69, 9.17) is 9.84 Å². The van der Waals surface area contributed by atoms with Gasteiger partial charge in [-0.25, -0.2) is 4.39 Å². The maximum atomic E-state index is 12.5. The number of halogens is 1. The van der Waals surface area contributed by atoms with E-state index in [1.165, 1.54) is 12.1 Å². The Balaban J connectivity index is 2.89. The first-order valence-electron chi connectivity index (χ1n) is 3.34. The highest BCUT2D eigenvalue weighted by Crippen LogP contribution is 2.20. The Hall–Kier alpha value is -1.25. The summed E-state index contributed by atoms with van der Waals surface area (Å²) in [6.07, 6.45) is 0. The molecule has 60 valence electrons. The van der Waals surface area contributed by atoms with Gasteiger partial charge in [-0.15, -0.1) is 0 Å². The van der Waals surface area contributed by atoms with Crippen LogP contribution in [0.25, 0.3) is 0 Å². The van der Waals surface area contributed by atoms with E-state index in [2.05, 4.69) is 0 Å². The van der Waals surface area contributed by atoms with Crippen LogP contribution in [0.4, 0.5) is 4.39 Å². The lowest BCUT2D eigenvalue weighted by Crippen LogP contribution is -1.91. The lowest BCUT2D eigenvalue weighted by molar-refractivity contribution is 0.335. The van der Waals surface area contributed by atoms with Crippen LogP contribution in [0.1, 0.15) is 6.92 Å². The number of rotatable bonds is 2. The largest absolute Gasteiger partial charge is 0.508 e. The smallest absolute Gasteiger partial charge is 0.130 e. The molecule has 0 bridgehead atoms. The number of aromatic hydroxyl groups is 1. The molecular formula is C8H9FO2. The van der Waals surface area contributed by atoms with E-state index >= 15 is 0 Å². The predicted molar refractivity (Wildman–Crippen MR) is 39.2 cm³/mol. The molecule has 3 heteroatoms. The molecule has 1 N–H and O–H groups in total. The third-order valence-corrected chi connectivity index (χ3v) is 1.17. The standard InChI is InChI=1S/C8H9FO2/c1-2-11-8-4-6(9)3-7(10)5-8/h3-5,10H,2H2,1H3. The summed E-state index contributed by atoms with van der Waals surface area (Å²) in [6, 6.07) is 3.62. The van der Waals surface area contributed by atoms with Crippen molar-refractivity contribution >= 4 is 0 Å². The van der Waals surface area contributed by atoms with E-state index in [0.717, 1.165) is 6.07 Å². The summed E-state index contributed by atoms with van der Waals surface area (Å²) in [5.41, 5.74) is 0. The summed E-state index contributed by atoms with van der Waals surface area (Å²) in [5, 5.41) is 8.90. The molecule has 0 heterocycles. The minimum Gasteiger partial charge on any atom is -0.508 e. The van der Waals surface area contributed by atoms with Gasteiger partial charge in [0.2, 0.25) is 0 Å². The molecule has 0 unspecified atom stereocenters. The minimum absolute atomic E-state index is 0.117. The van der Waals surface area contributed by atoms with Gasteiger partial charge in [-0.05, 0) is 6.92 Å². The highest BCUT2D eigenvalue weighted by Gasteiger charge is 1.98. The lowest BCUT2D eigenvalue weighted by atomic mass is 10.3. The van der Waals surface area contributed by atoms with Crippen LogP contribution in [0.2, 0.25) is 0 Å². The molecule has 0 atom stereocenters. The van der Waals surface area contributed by atoms with Crippen molar-refractivity contribution in [1.29, 1.82) is 0 Å². The highest BCUT2D eigenvalue weighted by atomic mass is 19.1. The van der Waals surface area contributed by atoms with Crippen molar-refractivity contribution in [3.63, 3.8) is 0 Å². The molecule has 0 aromatic heterocycles. The first-order chi connectivity index (χ1) is 5.22. The molecule has 0 aliphatic rings. The SMILES string of the molecule is CCOc1cc(O)cc(F)c1. The molecular weight excluding hydrogens is 147 g/mol. The molecule has 0 aliphatic carbocycles. The second-order valence-electron chi connectivity index (χ2n) is 2.08. The van der Waals surface area contributed by atoms with Gasteiger partial charge in [0, 0.05) is 18.2 Å². The maximum absolute atomic E-state index is 12.5.